The van der Waals surface area contributed by atoms with Crippen LogP contribution in [0.15, 0.2) is 30.1 Å². The molecule has 5 atom stereocenters. The van der Waals surface area contributed by atoms with Gasteiger partial charge in [-0.25, -0.2) is 9.18 Å². The van der Waals surface area contributed by atoms with Crippen molar-refractivity contribution in [2.45, 2.75) is 72.1 Å². The van der Waals surface area contributed by atoms with E-state index in [-0.39, 0.29) is 23.6 Å². The van der Waals surface area contributed by atoms with E-state index in [4.69, 9.17) is 14.2 Å². The Morgan fingerprint density at radius 2 is 1.87 bits per heavy atom. The van der Waals surface area contributed by atoms with Gasteiger partial charge >= 0.3 is 5.97 Å². The van der Waals surface area contributed by atoms with Crippen LogP contribution in [0.25, 0.3) is 6.08 Å². The van der Waals surface area contributed by atoms with Crippen molar-refractivity contribution in [1.29, 1.82) is 0 Å². The molecule has 1 fully saturated rings. The fourth-order valence-corrected chi connectivity index (χ4v) is 4.03. The number of hydrogen-bond acceptors (Lipinski definition) is 5. The number of halogens is 1. The first-order valence-electron chi connectivity index (χ1n) is 10.4. The molecule has 2 aliphatic heterocycles. The zero-order valence-corrected chi connectivity index (χ0v) is 18.4. The molecule has 30 heavy (non-hydrogen) atoms. The van der Waals surface area contributed by atoms with Crippen LogP contribution in [0.4, 0.5) is 4.39 Å². The first-order chi connectivity index (χ1) is 14.0. The van der Waals surface area contributed by atoms with Crippen molar-refractivity contribution in [3.8, 4) is 5.75 Å². The number of phenols is 1. The lowest BCUT2D eigenvalue weighted by Crippen LogP contribution is -2.30. The number of aromatic hydroxyl groups is 1. The molecule has 5 nitrogen and oxygen atoms in total. The molecule has 1 aromatic rings. The normalized spacial score (nSPS) is 34.7. The van der Waals surface area contributed by atoms with Crippen molar-refractivity contribution < 1.29 is 28.5 Å². The quantitative estimate of drug-likeness (QED) is 0.579. The van der Waals surface area contributed by atoms with Gasteiger partial charge in [0, 0.05) is 11.8 Å². The monoisotopic (exact) mass is 418 g/mol. The Morgan fingerprint density at radius 1 is 1.17 bits per heavy atom. The Morgan fingerprint density at radius 3 is 2.57 bits per heavy atom. The third kappa shape index (κ3) is 4.76. The molecule has 2 aliphatic rings. The number of aryl methyl sites for hydroxylation is 1. The van der Waals surface area contributed by atoms with Crippen LogP contribution in [0, 0.1) is 18.8 Å². The highest BCUT2D eigenvalue weighted by Gasteiger charge is 2.44. The summed E-state index contributed by atoms with van der Waals surface area (Å²) >= 11 is 0. The standard InChI is InChI=1S/C24H31FO5/c1-13-11-19(25)15(3)22-20(29-24(5,6)30-22)9-7-8-17-12-18(26)10-14(2)21(17)23(27)28-16(13)4/h7-8,10-13,15-16,20,22,26H,9H2,1-6H3/b8-7+,19-11+/t13-,15?,16+,20?,22?/m1/s1. The topological polar surface area (TPSA) is 65.0 Å². The van der Waals surface area contributed by atoms with E-state index in [2.05, 4.69) is 0 Å². The fraction of sp³-hybridized carbons (Fsp3) is 0.542. The molecule has 6 heteroatoms. The molecule has 1 saturated heterocycles. The molecule has 3 rings (SSSR count). The number of hydrogen-bond donors (Lipinski definition) is 1. The molecular weight excluding hydrogens is 387 g/mol. The number of cyclic esters (lactones) is 1. The number of carbonyl (C=O) groups is 1. The molecule has 0 aliphatic carbocycles. The van der Waals surface area contributed by atoms with Crippen LogP contribution in [-0.4, -0.2) is 35.2 Å². The van der Waals surface area contributed by atoms with Gasteiger partial charge < -0.3 is 19.3 Å². The summed E-state index contributed by atoms with van der Waals surface area (Å²) in [5.41, 5.74) is 1.57. The van der Waals surface area contributed by atoms with E-state index in [1.54, 1.807) is 26.8 Å². The maximum Gasteiger partial charge on any atom is 0.339 e. The number of ether oxygens (including phenoxy) is 3. The lowest BCUT2D eigenvalue weighted by molar-refractivity contribution is -0.149. The predicted molar refractivity (Wildman–Crippen MR) is 113 cm³/mol. The molecule has 0 amide bonds. The summed E-state index contributed by atoms with van der Waals surface area (Å²) in [4.78, 5) is 12.9. The second-order valence-corrected chi connectivity index (χ2v) is 8.81. The molecule has 164 valence electrons. The summed E-state index contributed by atoms with van der Waals surface area (Å²) in [5, 5.41) is 10.0. The summed E-state index contributed by atoms with van der Waals surface area (Å²) < 4.78 is 32.7. The molecule has 2 heterocycles. The van der Waals surface area contributed by atoms with Gasteiger partial charge in [0.2, 0.25) is 0 Å². The van der Waals surface area contributed by atoms with E-state index >= 15 is 4.39 Å². The predicted octanol–water partition coefficient (Wildman–Crippen LogP) is 5.31. The van der Waals surface area contributed by atoms with E-state index in [1.807, 2.05) is 26.8 Å². The third-order valence-corrected chi connectivity index (χ3v) is 5.83. The van der Waals surface area contributed by atoms with Crippen molar-refractivity contribution in [2.24, 2.45) is 11.8 Å². The summed E-state index contributed by atoms with van der Waals surface area (Å²) in [6, 6.07) is 3.06. The largest absolute Gasteiger partial charge is 0.508 e. The Bertz CT molecular complexity index is 873. The molecule has 0 spiro atoms. The first-order valence-corrected chi connectivity index (χ1v) is 10.4. The number of fused-ring (bicyclic) bond motifs is 2. The van der Waals surface area contributed by atoms with Gasteiger partial charge in [-0.15, -0.1) is 0 Å². The van der Waals surface area contributed by atoms with Gasteiger partial charge in [0.15, 0.2) is 5.79 Å². The Hall–Kier alpha value is -2.18. The molecule has 0 bridgehead atoms. The van der Waals surface area contributed by atoms with Crippen molar-refractivity contribution in [3.63, 3.8) is 0 Å². The Labute approximate surface area is 177 Å². The molecule has 1 N–H and O–H groups in total. The van der Waals surface area contributed by atoms with Crippen molar-refractivity contribution in [2.75, 3.05) is 0 Å². The lowest BCUT2D eigenvalue weighted by Gasteiger charge is -2.24. The van der Waals surface area contributed by atoms with E-state index < -0.39 is 29.9 Å². The van der Waals surface area contributed by atoms with E-state index in [0.29, 0.717) is 23.1 Å². The van der Waals surface area contributed by atoms with Crippen LogP contribution >= 0.6 is 0 Å². The Balaban J connectivity index is 2.06. The maximum atomic E-state index is 15.0. The van der Waals surface area contributed by atoms with Gasteiger partial charge in [-0.05, 0) is 63.5 Å². The molecule has 0 aromatic heterocycles. The SMILES string of the molecule is Cc1cc(O)cc2c1C(=O)O[C@@H](C)[C@H](C)/C=C(/F)C(C)C1OC(C)(C)OC1C/C=C/2. The summed E-state index contributed by atoms with van der Waals surface area (Å²) in [5.74, 6) is -2.36. The zero-order valence-electron chi connectivity index (χ0n) is 18.4. The Kier molecular flexibility index (Phi) is 6.39. The number of esters is 1. The summed E-state index contributed by atoms with van der Waals surface area (Å²) in [6.07, 6.45) is 4.29. The maximum absolute atomic E-state index is 15.0. The average molecular weight is 419 g/mol. The minimum absolute atomic E-state index is 0.0734. The van der Waals surface area contributed by atoms with Gasteiger partial charge in [0.25, 0.3) is 0 Å². The lowest BCUT2D eigenvalue weighted by atomic mass is 9.93. The summed E-state index contributed by atoms with van der Waals surface area (Å²) in [6.45, 7) is 10.7. The molecular formula is C24H31FO5. The van der Waals surface area contributed by atoms with Gasteiger partial charge in [-0.1, -0.05) is 26.0 Å². The second-order valence-electron chi connectivity index (χ2n) is 8.81. The van der Waals surface area contributed by atoms with Crippen LogP contribution in [-0.2, 0) is 14.2 Å². The van der Waals surface area contributed by atoms with Crippen LogP contribution in [0.5, 0.6) is 5.75 Å². The van der Waals surface area contributed by atoms with Gasteiger partial charge in [0.1, 0.15) is 17.7 Å². The van der Waals surface area contributed by atoms with Gasteiger partial charge in [0.05, 0.1) is 17.8 Å². The van der Waals surface area contributed by atoms with E-state index in [0.717, 1.165) is 0 Å². The number of phenolic OH excluding ortho intramolecular Hbond substituents is 1. The highest BCUT2D eigenvalue weighted by Crippen LogP contribution is 2.37. The minimum atomic E-state index is -0.809. The van der Waals surface area contributed by atoms with Crippen LogP contribution in [0.3, 0.4) is 0 Å². The molecule has 3 unspecified atom stereocenters. The van der Waals surface area contributed by atoms with Crippen LogP contribution < -0.4 is 0 Å². The highest BCUT2D eigenvalue weighted by atomic mass is 19.1. The van der Waals surface area contributed by atoms with Crippen molar-refractivity contribution in [3.05, 3.63) is 46.8 Å². The number of rotatable bonds is 0. The number of benzene rings is 1. The van der Waals surface area contributed by atoms with Gasteiger partial charge in [-0.2, -0.15) is 0 Å². The van der Waals surface area contributed by atoms with E-state index in [1.165, 1.54) is 18.2 Å². The molecule has 0 saturated carbocycles. The average Bonchev–Trinajstić information content (AvgIpc) is 2.94. The first kappa shape index (κ1) is 22.5. The van der Waals surface area contributed by atoms with Crippen LogP contribution in [0.1, 0.15) is 62.5 Å². The summed E-state index contributed by atoms with van der Waals surface area (Å²) in [7, 11) is 0. The number of carbonyl (C=O) groups excluding carboxylic acids is 1. The van der Waals surface area contributed by atoms with Crippen molar-refractivity contribution in [1.82, 2.24) is 0 Å². The van der Waals surface area contributed by atoms with E-state index in [9.17, 15) is 9.90 Å². The fourth-order valence-electron chi connectivity index (χ4n) is 4.03. The minimum Gasteiger partial charge on any atom is -0.508 e. The molecule has 1 aromatic carbocycles. The second kappa shape index (κ2) is 8.52. The smallest absolute Gasteiger partial charge is 0.339 e. The molecule has 0 radical (unpaired) electrons. The highest BCUT2D eigenvalue weighted by molar-refractivity contribution is 5.95. The van der Waals surface area contributed by atoms with Gasteiger partial charge in [-0.3, -0.25) is 0 Å². The zero-order chi connectivity index (χ0) is 22.2. The van der Waals surface area contributed by atoms with Crippen LogP contribution in [0.2, 0.25) is 0 Å². The van der Waals surface area contributed by atoms with Crippen molar-refractivity contribution >= 4 is 12.0 Å². The third-order valence-electron chi connectivity index (χ3n) is 5.83.